The summed E-state index contributed by atoms with van der Waals surface area (Å²) in [4.78, 5) is 24.3. The minimum Gasteiger partial charge on any atom is -0.452 e. The van der Waals surface area contributed by atoms with Gasteiger partial charge in [-0.1, -0.05) is 24.6 Å². The molecule has 2 aromatic carbocycles. The lowest BCUT2D eigenvalue weighted by Gasteiger charge is -2.26. The number of sulfonamides is 2. The molecule has 0 radical (unpaired) electrons. The van der Waals surface area contributed by atoms with E-state index in [-0.39, 0.29) is 21.0 Å². The largest absolute Gasteiger partial charge is 0.452 e. The average molecular weight is 482 g/mol. The van der Waals surface area contributed by atoms with Crippen molar-refractivity contribution in [2.75, 3.05) is 25.0 Å². The van der Waals surface area contributed by atoms with Crippen molar-refractivity contribution in [2.45, 2.75) is 29.1 Å². The summed E-state index contributed by atoms with van der Waals surface area (Å²) in [5.74, 6) is -1.70. The third-order valence-corrected chi connectivity index (χ3v) is 7.69. The van der Waals surface area contributed by atoms with Gasteiger partial charge in [0.05, 0.1) is 15.4 Å². The molecule has 0 saturated carbocycles. The van der Waals surface area contributed by atoms with Crippen molar-refractivity contribution >= 4 is 37.6 Å². The molecule has 1 amide bonds. The van der Waals surface area contributed by atoms with E-state index < -0.39 is 38.5 Å². The molecule has 10 nitrogen and oxygen atoms in total. The third kappa shape index (κ3) is 5.71. The molecule has 1 saturated heterocycles. The van der Waals surface area contributed by atoms with Crippen LogP contribution in [0.4, 0.5) is 5.69 Å². The van der Waals surface area contributed by atoms with Gasteiger partial charge in [-0.2, -0.15) is 4.31 Å². The lowest BCUT2D eigenvalue weighted by molar-refractivity contribution is -0.119. The Kier molecular flexibility index (Phi) is 7.29. The van der Waals surface area contributed by atoms with Gasteiger partial charge in [-0.25, -0.2) is 26.8 Å². The van der Waals surface area contributed by atoms with Crippen molar-refractivity contribution in [2.24, 2.45) is 5.14 Å². The Hall–Kier alpha value is -2.80. The van der Waals surface area contributed by atoms with Crippen LogP contribution in [0.2, 0.25) is 0 Å². The Morgan fingerprint density at radius 3 is 2.34 bits per heavy atom. The maximum Gasteiger partial charge on any atom is 0.340 e. The third-order valence-electron chi connectivity index (χ3n) is 4.82. The molecule has 0 unspecified atom stereocenters. The van der Waals surface area contributed by atoms with Crippen molar-refractivity contribution in [3.05, 3.63) is 54.1 Å². The van der Waals surface area contributed by atoms with Crippen LogP contribution in [0.25, 0.3) is 0 Å². The number of ether oxygens (including phenoxy) is 1. The Morgan fingerprint density at radius 1 is 0.969 bits per heavy atom. The normalized spacial score (nSPS) is 15.2. The number of amides is 1. The molecule has 32 heavy (non-hydrogen) atoms. The molecule has 0 aliphatic carbocycles. The standard InChI is InChI=1S/C20H23N3O7S2/c21-31(26,27)16-8-6-7-15(13-16)22-19(24)14-30-20(25)17-9-2-3-10-18(17)32(28,29)23-11-4-1-5-12-23/h2-3,6-10,13H,1,4-5,11-12,14H2,(H,22,24)(H2,21,26,27). The summed E-state index contributed by atoms with van der Waals surface area (Å²) < 4.78 is 55.1. The van der Waals surface area contributed by atoms with Gasteiger partial charge in [0, 0.05) is 18.8 Å². The van der Waals surface area contributed by atoms with E-state index in [1.165, 1.54) is 46.8 Å². The first-order valence-corrected chi connectivity index (χ1v) is 12.8. The summed E-state index contributed by atoms with van der Waals surface area (Å²) in [7, 11) is -7.83. The fourth-order valence-electron chi connectivity index (χ4n) is 3.26. The van der Waals surface area contributed by atoms with E-state index in [0.717, 1.165) is 25.3 Å². The highest BCUT2D eigenvalue weighted by molar-refractivity contribution is 7.89. The first-order valence-electron chi connectivity index (χ1n) is 9.78. The van der Waals surface area contributed by atoms with E-state index in [2.05, 4.69) is 5.32 Å². The van der Waals surface area contributed by atoms with Crippen LogP contribution in [-0.4, -0.2) is 52.7 Å². The zero-order valence-electron chi connectivity index (χ0n) is 17.1. The zero-order chi connectivity index (χ0) is 23.4. The van der Waals surface area contributed by atoms with Gasteiger partial charge in [-0.3, -0.25) is 4.79 Å². The van der Waals surface area contributed by atoms with E-state index in [9.17, 15) is 26.4 Å². The highest BCUT2D eigenvalue weighted by atomic mass is 32.2. The molecule has 172 valence electrons. The van der Waals surface area contributed by atoms with Crippen LogP contribution in [0.15, 0.2) is 58.3 Å². The summed E-state index contributed by atoms with van der Waals surface area (Å²) >= 11 is 0. The fourth-order valence-corrected chi connectivity index (χ4v) is 5.52. The number of hydrogen-bond donors (Lipinski definition) is 2. The van der Waals surface area contributed by atoms with Crippen molar-refractivity contribution in [1.29, 1.82) is 0 Å². The highest BCUT2D eigenvalue weighted by Gasteiger charge is 2.30. The molecule has 1 aliphatic rings. The number of esters is 1. The number of piperidine rings is 1. The number of rotatable bonds is 7. The smallest absolute Gasteiger partial charge is 0.340 e. The van der Waals surface area contributed by atoms with E-state index in [1.807, 2.05) is 0 Å². The number of benzene rings is 2. The number of nitrogens with one attached hydrogen (secondary N) is 1. The molecule has 0 spiro atoms. The topological polar surface area (TPSA) is 153 Å². The summed E-state index contributed by atoms with van der Waals surface area (Å²) in [6.45, 7) is 0.0634. The second-order valence-corrected chi connectivity index (χ2v) is 10.6. The Morgan fingerprint density at radius 2 is 1.66 bits per heavy atom. The van der Waals surface area contributed by atoms with Crippen LogP contribution in [0, 0.1) is 0 Å². The van der Waals surface area contributed by atoms with Gasteiger partial charge in [0.2, 0.25) is 20.0 Å². The second-order valence-electron chi connectivity index (χ2n) is 7.16. The Balaban J connectivity index is 1.69. The maximum absolute atomic E-state index is 13.0. The molecular formula is C20H23N3O7S2. The Labute approximate surface area is 186 Å². The van der Waals surface area contributed by atoms with Gasteiger partial charge in [0.25, 0.3) is 5.91 Å². The monoisotopic (exact) mass is 481 g/mol. The van der Waals surface area contributed by atoms with Gasteiger partial charge in [-0.05, 0) is 43.2 Å². The van der Waals surface area contributed by atoms with Gasteiger partial charge in [-0.15, -0.1) is 0 Å². The molecule has 3 N–H and O–H groups in total. The minimum absolute atomic E-state index is 0.144. The van der Waals surface area contributed by atoms with E-state index >= 15 is 0 Å². The molecular weight excluding hydrogens is 458 g/mol. The first-order chi connectivity index (χ1) is 15.1. The lowest BCUT2D eigenvalue weighted by atomic mass is 10.2. The average Bonchev–Trinajstić information content (AvgIpc) is 2.77. The quantitative estimate of drug-likeness (QED) is 0.565. The molecule has 1 fully saturated rings. The summed E-state index contributed by atoms with van der Waals surface area (Å²) in [6, 6.07) is 10.9. The SMILES string of the molecule is NS(=O)(=O)c1cccc(NC(=O)COC(=O)c2ccccc2S(=O)(=O)N2CCCCC2)c1. The number of hydrogen-bond acceptors (Lipinski definition) is 7. The van der Waals surface area contributed by atoms with Gasteiger partial charge in [0.1, 0.15) is 0 Å². The molecule has 1 aliphatic heterocycles. The number of nitrogens with zero attached hydrogens (tertiary/aromatic N) is 1. The molecule has 2 aromatic rings. The number of nitrogens with two attached hydrogens (primary N) is 1. The van der Waals surface area contributed by atoms with E-state index in [0.29, 0.717) is 13.1 Å². The summed E-state index contributed by atoms with van der Waals surface area (Å²) in [5.41, 5.74) is -0.0206. The van der Waals surface area contributed by atoms with Crippen molar-refractivity contribution < 1.29 is 31.2 Å². The highest BCUT2D eigenvalue weighted by Crippen LogP contribution is 2.24. The molecule has 3 rings (SSSR count). The van der Waals surface area contributed by atoms with E-state index in [4.69, 9.17) is 9.88 Å². The number of anilines is 1. The maximum atomic E-state index is 13.0. The van der Waals surface area contributed by atoms with Crippen molar-refractivity contribution in [3.8, 4) is 0 Å². The van der Waals surface area contributed by atoms with Gasteiger partial charge < -0.3 is 10.1 Å². The van der Waals surface area contributed by atoms with Crippen LogP contribution < -0.4 is 10.5 Å². The minimum atomic E-state index is -3.95. The van der Waals surface area contributed by atoms with E-state index in [1.54, 1.807) is 0 Å². The number of carbonyl (C=O) groups excluding carboxylic acids is 2. The molecule has 1 heterocycles. The van der Waals surface area contributed by atoms with Gasteiger partial charge >= 0.3 is 5.97 Å². The molecule has 0 atom stereocenters. The predicted octanol–water partition coefficient (Wildman–Crippen LogP) is 1.30. The van der Waals surface area contributed by atoms with Crippen LogP contribution in [0.5, 0.6) is 0 Å². The first kappa shape index (κ1) is 23.9. The lowest BCUT2D eigenvalue weighted by Crippen LogP contribution is -2.36. The summed E-state index contributed by atoms with van der Waals surface area (Å²) in [5, 5.41) is 7.46. The van der Waals surface area contributed by atoms with Crippen LogP contribution in [-0.2, 0) is 29.6 Å². The molecule has 12 heteroatoms. The predicted molar refractivity (Wildman–Crippen MR) is 116 cm³/mol. The zero-order valence-corrected chi connectivity index (χ0v) is 18.7. The van der Waals surface area contributed by atoms with Gasteiger partial charge in [0.15, 0.2) is 6.61 Å². The molecule has 0 aromatic heterocycles. The van der Waals surface area contributed by atoms with Crippen LogP contribution >= 0.6 is 0 Å². The van der Waals surface area contributed by atoms with Crippen molar-refractivity contribution in [3.63, 3.8) is 0 Å². The number of primary sulfonamides is 1. The second kappa shape index (κ2) is 9.77. The van der Waals surface area contributed by atoms with Crippen LogP contribution in [0.3, 0.4) is 0 Å². The number of carbonyl (C=O) groups is 2. The van der Waals surface area contributed by atoms with Crippen LogP contribution in [0.1, 0.15) is 29.6 Å². The Bertz CT molecular complexity index is 1220. The summed E-state index contributed by atoms with van der Waals surface area (Å²) in [6.07, 6.45) is 2.45. The molecule has 0 bridgehead atoms. The van der Waals surface area contributed by atoms with Crippen molar-refractivity contribution in [1.82, 2.24) is 4.31 Å². The fraction of sp³-hybridized carbons (Fsp3) is 0.300.